The average Bonchev–Trinajstić information content (AvgIpc) is 2.64. The maximum absolute atomic E-state index is 10.7. The minimum atomic E-state index is -1.06. The van der Waals surface area contributed by atoms with Crippen LogP contribution in [0.25, 0.3) is 0 Å². The molecule has 0 aromatic carbocycles. The van der Waals surface area contributed by atoms with Gasteiger partial charge in [0.25, 0.3) is 0 Å². The summed E-state index contributed by atoms with van der Waals surface area (Å²) in [5.41, 5.74) is 0. The van der Waals surface area contributed by atoms with Gasteiger partial charge in [0.2, 0.25) is 5.76 Å². The predicted octanol–water partition coefficient (Wildman–Crippen LogP) is 3.49. The van der Waals surface area contributed by atoms with E-state index in [-0.39, 0.29) is 18.0 Å². The van der Waals surface area contributed by atoms with Crippen LogP contribution < -0.4 is 0 Å². The fraction of sp³-hybridized carbons (Fsp3) is 0.615. The molecule has 0 bridgehead atoms. The monoisotopic (exact) mass is 240 g/mol. The van der Waals surface area contributed by atoms with Crippen molar-refractivity contribution in [1.29, 1.82) is 0 Å². The van der Waals surface area contributed by atoms with E-state index in [2.05, 4.69) is 13.8 Å². The minimum Gasteiger partial charge on any atom is -0.475 e. The second kappa shape index (κ2) is 5.87. The Hall–Kier alpha value is -1.29. The van der Waals surface area contributed by atoms with E-state index in [1.807, 2.05) is 13.8 Å². The molecule has 0 aliphatic rings. The highest BCUT2D eigenvalue weighted by atomic mass is 16.5. The van der Waals surface area contributed by atoms with Gasteiger partial charge < -0.3 is 14.3 Å². The van der Waals surface area contributed by atoms with E-state index >= 15 is 0 Å². The number of carboxylic acids is 1. The summed E-state index contributed by atoms with van der Waals surface area (Å²) in [6.45, 7) is 8.15. The number of furan rings is 1. The standard InChI is InChI=1S/C13H20O4/c1-8(2)7-9(3)16-10(4)11-5-6-12(17-11)13(14)15/h5-6,8-10H,7H2,1-4H3,(H,14,15). The number of carboxylic acid groups (broad SMARTS) is 1. The van der Waals surface area contributed by atoms with Crippen LogP contribution in [0.2, 0.25) is 0 Å². The van der Waals surface area contributed by atoms with Crippen LogP contribution in [0, 0.1) is 5.92 Å². The molecule has 1 rings (SSSR count). The van der Waals surface area contributed by atoms with Crippen LogP contribution in [-0.4, -0.2) is 17.2 Å². The second-order valence-corrected chi connectivity index (χ2v) is 4.73. The van der Waals surface area contributed by atoms with Crippen LogP contribution in [0.4, 0.5) is 0 Å². The molecule has 2 unspecified atom stereocenters. The topological polar surface area (TPSA) is 59.7 Å². The number of ether oxygens (including phenoxy) is 1. The first-order chi connectivity index (χ1) is 7.90. The summed E-state index contributed by atoms with van der Waals surface area (Å²) >= 11 is 0. The van der Waals surface area contributed by atoms with Gasteiger partial charge in [0.15, 0.2) is 0 Å². The van der Waals surface area contributed by atoms with Crippen molar-refractivity contribution >= 4 is 5.97 Å². The number of hydrogen-bond acceptors (Lipinski definition) is 3. The Morgan fingerprint density at radius 2 is 2.00 bits per heavy atom. The molecule has 1 aromatic heterocycles. The first-order valence-corrected chi connectivity index (χ1v) is 5.88. The summed E-state index contributed by atoms with van der Waals surface area (Å²) in [5.74, 6) is 0.0204. The third-order valence-corrected chi connectivity index (χ3v) is 2.48. The van der Waals surface area contributed by atoms with Crippen LogP contribution in [0.3, 0.4) is 0 Å². The van der Waals surface area contributed by atoms with Crippen molar-refractivity contribution in [3.63, 3.8) is 0 Å². The fourth-order valence-corrected chi connectivity index (χ4v) is 1.82. The molecule has 0 spiro atoms. The summed E-state index contributed by atoms with van der Waals surface area (Å²) in [7, 11) is 0. The molecule has 1 aromatic rings. The third-order valence-electron chi connectivity index (χ3n) is 2.48. The third kappa shape index (κ3) is 4.23. The zero-order chi connectivity index (χ0) is 13.0. The molecule has 0 radical (unpaired) electrons. The van der Waals surface area contributed by atoms with E-state index in [1.165, 1.54) is 6.07 Å². The Kier molecular flexibility index (Phi) is 4.75. The van der Waals surface area contributed by atoms with Crippen molar-refractivity contribution in [2.24, 2.45) is 5.92 Å². The quantitative estimate of drug-likeness (QED) is 0.826. The maximum atomic E-state index is 10.7. The molecule has 4 nitrogen and oxygen atoms in total. The number of aromatic carboxylic acids is 1. The van der Waals surface area contributed by atoms with Crippen molar-refractivity contribution in [1.82, 2.24) is 0 Å². The molecule has 0 aliphatic heterocycles. The van der Waals surface area contributed by atoms with Gasteiger partial charge in [0.05, 0.1) is 6.10 Å². The highest BCUT2D eigenvalue weighted by molar-refractivity contribution is 5.84. The molecule has 17 heavy (non-hydrogen) atoms. The SMILES string of the molecule is CC(C)CC(C)OC(C)c1ccc(C(=O)O)o1. The second-order valence-electron chi connectivity index (χ2n) is 4.73. The summed E-state index contributed by atoms with van der Waals surface area (Å²) in [6, 6.07) is 3.10. The summed E-state index contributed by atoms with van der Waals surface area (Å²) in [6.07, 6.45) is 0.872. The lowest BCUT2D eigenvalue weighted by Gasteiger charge is -2.19. The summed E-state index contributed by atoms with van der Waals surface area (Å²) in [4.78, 5) is 10.7. The molecule has 0 saturated carbocycles. The molecule has 0 aliphatic carbocycles. The maximum Gasteiger partial charge on any atom is 0.371 e. The van der Waals surface area contributed by atoms with Crippen molar-refractivity contribution in [2.75, 3.05) is 0 Å². The Bertz CT molecular complexity index is 367. The van der Waals surface area contributed by atoms with Crippen molar-refractivity contribution < 1.29 is 19.1 Å². The summed E-state index contributed by atoms with van der Waals surface area (Å²) < 4.78 is 10.9. The number of carbonyl (C=O) groups is 1. The lowest BCUT2D eigenvalue weighted by atomic mass is 10.1. The van der Waals surface area contributed by atoms with E-state index in [0.717, 1.165) is 6.42 Å². The van der Waals surface area contributed by atoms with Gasteiger partial charge in [-0.2, -0.15) is 0 Å². The molecule has 1 heterocycles. The lowest BCUT2D eigenvalue weighted by Crippen LogP contribution is -2.13. The largest absolute Gasteiger partial charge is 0.475 e. The van der Waals surface area contributed by atoms with Gasteiger partial charge in [-0.3, -0.25) is 0 Å². The van der Waals surface area contributed by atoms with E-state index in [9.17, 15) is 4.79 Å². The number of rotatable bonds is 6. The number of hydrogen-bond donors (Lipinski definition) is 1. The first-order valence-electron chi connectivity index (χ1n) is 5.88. The van der Waals surface area contributed by atoms with E-state index in [1.54, 1.807) is 6.07 Å². The van der Waals surface area contributed by atoms with Crippen LogP contribution in [0.1, 0.15) is 56.5 Å². The predicted molar refractivity (Wildman–Crippen MR) is 64.1 cm³/mol. The van der Waals surface area contributed by atoms with Crippen LogP contribution in [0.15, 0.2) is 16.5 Å². The molecular weight excluding hydrogens is 220 g/mol. The summed E-state index contributed by atoms with van der Waals surface area (Å²) in [5, 5.41) is 8.75. The smallest absolute Gasteiger partial charge is 0.371 e. The average molecular weight is 240 g/mol. The Morgan fingerprint density at radius 1 is 1.35 bits per heavy atom. The van der Waals surface area contributed by atoms with Gasteiger partial charge >= 0.3 is 5.97 Å². The van der Waals surface area contributed by atoms with Crippen molar-refractivity contribution in [3.8, 4) is 0 Å². The molecule has 4 heteroatoms. The normalized spacial score (nSPS) is 14.9. The molecule has 1 N–H and O–H groups in total. The lowest BCUT2D eigenvalue weighted by molar-refractivity contribution is -0.0141. The van der Waals surface area contributed by atoms with Gasteiger partial charge in [0, 0.05) is 0 Å². The van der Waals surface area contributed by atoms with E-state index < -0.39 is 5.97 Å². The molecule has 0 amide bonds. The van der Waals surface area contributed by atoms with Gasteiger partial charge in [0.1, 0.15) is 11.9 Å². The van der Waals surface area contributed by atoms with Gasteiger partial charge in [-0.25, -0.2) is 4.79 Å². The highest BCUT2D eigenvalue weighted by Crippen LogP contribution is 2.23. The Morgan fingerprint density at radius 3 is 2.47 bits per heavy atom. The van der Waals surface area contributed by atoms with E-state index in [0.29, 0.717) is 11.7 Å². The van der Waals surface area contributed by atoms with Crippen LogP contribution in [0.5, 0.6) is 0 Å². The van der Waals surface area contributed by atoms with Crippen molar-refractivity contribution in [3.05, 3.63) is 23.7 Å². The zero-order valence-corrected chi connectivity index (χ0v) is 10.8. The molecule has 2 atom stereocenters. The Labute approximate surface area is 102 Å². The zero-order valence-electron chi connectivity index (χ0n) is 10.8. The highest BCUT2D eigenvalue weighted by Gasteiger charge is 2.17. The van der Waals surface area contributed by atoms with Crippen molar-refractivity contribution in [2.45, 2.75) is 46.3 Å². The fourth-order valence-electron chi connectivity index (χ4n) is 1.82. The molecule has 0 fully saturated rings. The molecule has 96 valence electrons. The van der Waals surface area contributed by atoms with Crippen LogP contribution in [-0.2, 0) is 4.74 Å². The molecule has 0 saturated heterocycles. The minimum absolute atomic E-state index is 0.0491. The molecular formula is C13H20O4. The Balaban J connectivity index is 2.57. The van der Waals surface area contributed by atoms with Gasteiger partial charge in [-0.15, -0.1) is 0 Å². The van der Waals surface area contributed by atoms with Crippen LogP contribution >= 0.6 is 0 Å². The van der Waals surface area contributed by atoms with E-state index in [4.69, 9.17) is 14.3 Å². The van der Waals surface area contributed by atoms with Gasteiger partial charge in [-0.05, 0) is 38.3 Å². The van der Waals surface area contributed by atoms with Gasteiger partial charge in [-0.1, -0.05) is 13.8 Å². The first kappa shape index (κ1) is 13.8.